The first-order chi connectivity index (χ1) is 9.50. The largest absolute Gasteiger partial charge is 0.391 e. The first-order valence-electron chi connectivity index (χ1n) is 8.02. The van der Waals surface area contributed by atoms with Crippen molar-refractivity contribution in [3.05, 3.63) is 0 Å². The minimum absolute atomic E-state index is 0.316. The number of nitrogens with one attached hydrogen (secondary N) is 1. The van der Waals surface area contributed by atoms with E-state index in [4.69, 9.17) is 0 Å². The molecule has 0 aromatic heterocycles. The second-order valence-corrected chi connectivity index (χ2v) is 6.33. The van der Waals surface area contributed by atoms with Crippen LogP contribution < -0.4 is 5.32 Å². The van der Waals surface area contributed by atoms with Gasteiger partial charge in [0.15, 0.2) is 0 Å². The van der Waals surface area contributed by atoms with Crippen molar-refractivity contribution in [2.75, 3.05) is 26.2 Å². The fourth-order valence-electron chi connectivity index (χ4n) is 3.70. The van der Waals surface area contributed by atoms with Crippen LogP contribution in [0, 0.1) is 11.8 Å². The molecule has 5 heteroatoms. The van der Waals surface area contributed by atoms with Gasteiger partial charge in [0.1, 0.15) is 0 Å². The van der Waals surface area contributed by atoms with Crippen LogP contribution in [0.2, 0.25) is 0 Å². The highest BCUT2D eigenvalue weighted by atomic mass is 19.4. The molecule has 1 N–H and O–H groups in total. The molecule has 1 heterocycles. The molecular weight excluding hydrogens is 265 g/mol. The minimum atomic E-state index is -3.99. The third kappa shape index (κ3) is 4.35. The molecule has 1 saturated heterocycles. The van der Waals surface area contributed by atoms with Gasteiger partial charge in [-0.15, -0.1) is 0 Å². The van der Waals surface area contributed by atoms with Crippen LogP contribution in [0.4, 0.5) is 13.2 Å². The van der Waals surface area contributed by atoms with E-state index in [1.165, 1.54) is 12.8 Å². The van der Waals surface area contributed by atoms with Crippen molar-refractivity contribution in [2.45, 2.75) is 57.7 Å². The summed E-state index contributed by atoms with van der Waals surface area (Å²) in [6, 6.07) is 0.369. The third-order valence-electron chi connectivity index (χ3n) is 5.03. The van der Waals surface area contributed by atoms with Crippen LogP contribution >= 0.6 is 0 Å². The van der Waals surface area contributed by atoms with Crippen molar-refractivity contribution in [2.24, 2.45) is 11.8 Å². The lowest BCUT2D eigenvalue weighted by Gasteiger charge is -2.39. The van der Waals surface area contributed by atoms with Gasteiger partial charge in [0.25, 0.3) is 0 Å². The summed E-state index contributed by atoms with van der Waals surface area (Å²) < 4.78 is 38.1. The Morgan fingerprint density at radius 3 is 2.10 bits per heavy atom. The van der Waals surface area contributed by atoms with E-state index in [1.54, 1.807) is 0 Å². The average molecular weight is 292 g/mol. The van der Waals surface area contributed by atoms with Gasteiger partial charge in [-0.25, -0.2) is 0 Å². The van der Waals surface area contributed by atoms with E-state index in [0.29, 0.717) is 31.7 Å². The van der Waals surface area contributed by atoms with E-state index in [9.17, 15) is 13.2 Å². The quantitative estimate of drug-likeness (QED) is 0.854. The monoisotopic (exact) mass is 292 g/mol. The molecule has 1 saturated carbocycles. The number of piperidine rings is 1. The van der Waals surface area contributed by atoms with Crippen LogP contribution in [0.25, 0.3) is 0 Å². The fraction of sp³-hybridized carbons (Fsp3) is 1.00. The summed E-state index contributed by atoms with van der Waals surface area (Å²) in [6.45, 7) is 6.34. The fourth-order valence-corrected chi connectivity index (χ4v) is 3.70. The first kappa shape index (κ1) is 16.1. The second kappa shape index (κ2) is 7.12. The van der Waals surface area contributed by atoms with Crippen molar-refractivity contribution in [3.8, 4) is 0 Å². The first-order valence-corrected chi connectivity index (χ1v) is 8.02. The van der Waals surface area contributed by atoms with E-state index < -0.39 is 12.1 Å². The number of halogens is 3. The Morgan fingerprint density at radius 2 is 1.60 bits per heavy atom. The zero-order valence-electron chi connectivity index (χ0n) is 12.4. The predicted octanol–water partition coefficient (Wildman–Crippen LogP) is 3.43. The molecular formula is C15H27F3N2. The Morgan fingerprint density at radius 1 is 1.00 bits per heavy atom. The highest BCUT2D eigenvalue weighted by Gasteiger charge is 2.42. The summed E-state index contributed by atoms with van der Waals surface area (Å²) in [5.41, 5.74) is 0. The van der Waals surface area contributed by atoms with Crippen molar-refractivity contribution < 1.29 is 13.2 Å². The van der Waals surface area contributed by atoms with E-state index in [2.05, 4.69) is 17.1 Å². The van der Waals surface area contributed by atoms with Crippen LogP contribution in [0.5, 0.6) is 0 Å². The smallest absolute Gasteiger partial charge is 0.317 e. The summed E-state index contributed by atoms with van der Waals surface area (Å²) in [5, 5.41) is 3.36. The predicted molar refractivity (Wildman–Crippen MR) is 74.6 cm³/mol. The van der Waals surface area contributed by atoms with E-state index in [-0.39, 0.29) is 0 Å². The summed E-state index contributed by atoms with van der Waals surface area (Å²) in [5.74, 6) is -0.340. The van der Waals surface area contributed by atoms with Crippen LogP contribution in [-0.4, -0.2) is 43.3 Å². The van der Waals surface area contributed by atoms with Crippen LogP contribution in [0.3, 0.4) is 0 Å². The molecule has 1 aliphatic carbocycles. The number of nitrogens with zero attached hydrogens (tertiary/aromatic N) is 1. The Balaban J connectivity index is 1.80. The molecule has 0 atom stereocenters. The van der Waals surface area contributed by atoms with Crippen molar-refractivity contribution in [1.82, 2.24) is 10.2 Å². The van der Waals surface area contributed by atoms with Crippen LogP contribution in [-0.2, 0) is 0 Å². The molecule has 0 radical (unpaired) electrons. The third-order valence-corrected chi connectivity index (χ3v) is 5.03. The second-order valence-electron chi connectivity index (χ2n) is 6.33. The van der Waals surface area contributed by atoms with Gasteiger partial charge < -0.3 is 10.2 Å². The Labute approximate surface area is 120 Å². The van der Waals surface area contributed by atoms with Gasteiger partial charge >= 0.3 is 6.18 Å². The van der Waals surface area contributed by atoms with Gasteiger partial charge in [0, 0.05) is 12.6 Å². The van der Waals surface area contributed by atoms with Crippen molar-refractivity contribution in [1.29, 1.82) is 0 Å². The van der Waals surface area contributed by atoms with E-state index in [0.717, 1.165) is 32.1 Å². The number of hydrogen-bond acceptors (Lipinski definition) is 2. The van der Waals surface area contributed by atoms with Crippen molar-refractivity contribution in [3.63, 3.8) is 0 Å². The molecule has 2 fully saturated rings. The normalized spacial score (nSPS) is 29.9. The summed E-state index contributed by atoms with van der Waals surface area (Å²) in [7, 11) is 0. The minimum Gasteiger partial charge on any atom is -0.317 e. The van der Waals surface area contributed by atoms with Gasteiger partial charge in [-0.05, 0) is 64.1 Å². The standard InChI is InChI=1S/C15H27F3N2/c1-2-20(11-12-7-9-19-10-8-12)14-5-3-13(4-6-14)15(16,17)18/h12-14,19H,2-11H2,1H3. The number of hydrogen-bond donors (Lipinski definition) is 1. The molecule has 0 unspecified atom stereocenters. The molecule has 0 bridgehead atoms. The van der Waals surface area contributed by atoms with Gasteiger partial charge in [0.2, 0.25) is 0 Å². The van der Waals surface area contributed by atoms with Gasteiger partial charge in [-0.2, -0.15) is 13.2 Å². The number of rotatable bonds is 4. The Bertz CT molecular complexity index is 279. The molecule has 0 aromatic carbocycles. The molecule has 118 valence electrons. The summed E-state index contributed by atoms with van der Waals surface area (Å²) >= 11 is 0. The average Bonchev–Trinajstić information content (AvgIpc) is 2.45. The lowest BCUT2D eigenvalue weighted by Crippen LogP contribution is -2.44. The molecule has 0 spiro atoms. The lowest BCUT2D eigenvalue weighted by molar-refractivity contribution is -0.184. The maximum absolute atomic E-state index is 12.7. The topological polar surface area (TPSA) is 15.3 Å². The molecule has 20 heavy (non-hydrogen) atoms. The zero-order chi connectivity index (χ0) is 14.6. The SMILES string of the molecule is CCN(CC1CCNCC1)C1CCC(C(F)(F)F)CC1. The van der Waals surface area contributed by atoms with Crippen molar-refractivity contribution >= 4 is 0 Å². The zero-order valence-corrected chi connectivity index (χ0v) is 12.4. The van der Waals surface area contributed by atoms with Gasteiger partial charge in [-0.3, -0.25) is 0 Å². The van der Waals surface area contributed by atoms with Crippen LogP contribution in [0.1, 0.15) is 45.4 Å². The maximum atomic E-state index is 12.7. The van der Waals surface area contributed by atoms with E-state index >= 15 is 0 Å². The van der Waals surface area contributed by atoms with Gasteiger partial charge in [-0.1, -0.05) is 6.92 Å². The lowest BCUT2D eigenvalue weighted by atomic mass is 9.84. The maximum Gasteiger partial charge on any atom is 0.391 e. The molecule has 2 nitrogen and oxygen atoms in total. The molecule has 0 amide bonds. The highest BCUT2D eigenvalue weighted by molar-refractivity contribution is 4.84. The summed E-state index contributed by atoms with van der Waals surface area (Å²) in [6.07, 6.45) is 0.472. The van der Waals surface area contributed by atoms with E-state index in [1.807, 2.05) is 0 Å². The molecule has 2 aliphatic rings. The Kier molecular flexibility index (Phi) is 5.73. The van der Waals surface area contributed by atoms with Gasteiger partial charge in [0.05, 0.1) is 5.92 Å². The Hall–Kier alpha value is -0.290. The molecule has 2 rings (SSSR count). The molecule has 0 aromatic rings. The van der Waals surface area contributed by atoms with Crippen LogP contribution in [0.15, 0.2) is 0 Å². The molecule has 1 aliphatic heterocycles. The number of alkyl halides is 3. The summed E-state index contributed by atoms with van der Waals surface area (Å²) in [4.78, 5) is 2.43. The highest BCUT2D eigenvalue weighted by Crippen LogP contribution is 2.38.